The van der Waals surface area contributed by atoms with Crippen molar-refractivity contribution < 1.29 is 19.0 Å². The Morgan fingerprint density at radius 3 is 2.26 bits per heavy atom. The van der Waals surface area contributed by atoms with E-state index in [9.17, 15) is 4.79 Å². The van der Waals surface area contributed by atoms with Crippen molar-refractivity contribution in [1.82, 2.24) is 0 Å². The van der Waals surface area contributed by atoms with Gasteiger partial charge in [-0.1, -0.05) is 0 Å². The fourth-order valence-electron chi connectivity index (χ4n) is 2.63. The Morgan fingerprint density at radius 1 is 1.16 bits per heavy atom. The van der Waals surface area contributed by atoms with Gasteiger partial charge in [-0.15, -0.1) is 0 Å². The lowest BCUT2D eigenvalue weighted by Gasteiger charge is -2.33. The average molecular weight is 265 g/mol. The molecule has 0 spiro atoms. The van der Waals surface area contributed by atoms with Gasteiger partial charge in [-0.25, -0.2) is 0 Å². The van der Waals surface area contributed by atoms with Crippen LogP contribution in [0.1, 0.15) is 17.5 Å². The van der Waals surface area contributed by atoms with Gasteiger partial charge in [-0.3, -0.25) is 4.79 Å². The Morgan fingerprint density at radius 2 is 1.74 bits per heavy atom. The SMILES string of the molecule is COC(=O)[C@@]1(N)CCc2c(OC)ccc(OC)c2C1. The molecule has 0 aliphatic heterocycles. The lowest BCUT2D eigenvalue weighted by atomic mass is 9.78. The van der Waals surface area contributed by atoms with Crippen molar-refractivity contribution in [2.75, 3.05) is 21.3 Å². The average Bonchev–Trinajstić information content (AvgIpc) is 2.44. The van der Waals surface area contributed by atoms with Gasteiger partial charge in [0.05, 0.1) is 21.3 Å². The van der Waals surface area contributed by atoms with E-state index < -0.39 is 5.54 Å². The van der Waals surface area contributed by atoms with E-state index in [0.717, 1.165) is 22.6 Å². The number of carbonyl (C=O) groups is 1. The predicted octanol–water partition coefficient (Wildman–Crippen LogP) is 1.06. The van der Waals surface area contributed by atoms with Gasteiger partial charge < -0.3 is 19.9 Å². The molecule has 1 aliphatic rings. The molecule has 104 valence electrons. The minimum absolute atomic E-state index is 0.386. The second kappa shape index (κ2) is 5.09. The van der Waals surface area contributed by atoms with Crippen molar-refractivity contribution in [2.45, 2.75) is 24.8 Å². The highest BCUT2D eigenvalue weighted by Crippen LogP contribution is 2.38. The van der Waals surface area contributed by atoms with Crippen LogP contribution in [0.2, 0.25) is 0 Å². The van der Waals surface area contributed by atoms with Crippen LogP contribution < -0.4 is 15.2 Å². The molecule has 0 amide bonds. The first-order chi connectivity index (χ1) is 9.05. The zero-order valence-electron chi connectivity index (χ0n) is 11.5. The summed E-state index contributed by atoms with van der Waals surface area (Å²) < 4.78 is 15.5. The molecule has 19 heavy (non-hydrogen) atoms. The van der Waals surface area contributed by atoms with Crippen LogP contribution >= 0.6 is 0 Å². The molecule has 0 unspecified atom stereocenters. The molecule has 2 N–H and O–H groups in total. The van der Waals surface area contributed by atoms with Crippen molar-refractivity contribution in [3.05, 3.63) is 23.3 Å². The number of hydrogen-bond donors (Lipinski definition) is 1. The monoisotopic (exact) mass is 265 g/mol. The van der Waals surface area contributed by atoms with Crippen molar-refractivity contribution in [2.24, 2.45) is 5.73 Å². The lowest BCUT2D eigenvalue weighted by Crippen LogP contribution is -2.52. The fraction of sp³-hybridized carbons (Fsp3) is 0.500. The Bertz CT molecular complexity index is 500. The van der Waals surface area contributed by atoms with Crippen LogP contribution in [-0.2, 0) is 22.4 Å². The largest absolute Gasteiger partial charge is 0.496 e. The molecule has 5 nitrogen and oxygen atoms in total. The van der Waals surface area contributed by atoms with Crippen molar-refractivity contribution in [3.63, 3.8) is 0 Å². The highest BCUT2D eigenvalue weighted by atomic mass is 16.5. The van der Waals surface area contributed by atoms with Gasteiger partial charge in [0.1, 0.15) is 17.0 Å². The number of benzene rings is 1. The van der Waals surface area contributed by atoms with Gasteiger partial charge in [0.25, 0.3) is 0 Å². The Balaban J connectivity index is 2.46. The standard InChI is InChI=1S/C14H19NO4/c1-17-11-4-5-12(18-2)10-8-14(15,13(16)19-3)7-6-9(10)11/h4-5H,6-8,15H2,1-3H3/t14-/m1/s1. The lowest BCUT2D eigenvalue weighted by molar-refractivity contribution is -0.147. The Kier molecular flexibility index (Phi) is 3.66. The Labute approximate surface area is 112 Å². The topological polar surface area (TPSA) is 70.8 Å². The smallest absolute Gasteiger partial charge is 0.326 e. The third-order valence-corrected chi connectivity index (χ3v) is 3.69. The highest BCUT2D eigenvalue weighted by Gasteiger charge is 2.40. The molecule has 1 aliphatic carbocycles. The van der Waals surface area contributed by atoms with Gasteiger partial charge in [0.2, 0.25) is 0 Å². The summed E-state index contributed by atoms with van der Waals surface area (Å²) in [5, 5.41) is 0. The van der Waals surface area contributed by atoms with E-state index >= 15 is 0 Å². The van der Waals surface area contributed by atoms with Crippen molar-refractivity contribution >= 4 is 5.97 Å². The molecule has 1 atom stereocenters. The number of nitrogens with two attached hydrogens (primary N) is 1. The number of esters is 1. The maximum atomic E-state index is 11.8. The van der Waals surface area contributed by atoms with E-state index in [4.69, 9.17) is 19.9 Å². The third-order valence-electron chi connectivity index (χ3n) is 3.69. The highest BCUT2D eigenvalue weighted by molar-refractivity contribution is 5.82. The molecule has 0 radical (unpaired) electrons. The maximum Gasteiger partial charge on any atom is 0.326 e. The van der Waals surface area contributed by atoms with E-state index in [-0.39, 0.29) is 5.97 Å². The van der Waals surface area contributed by atoms with E-state index in [1.165, 1.54) is 7.11 Å². The minimum atomic E-state index is -0.985. The van der Waals surface area contributed by atoms with E-state index in [1.54, 1.807) is 14.2 Å². The third kappa shape index (κ3) is 2.26. The summed E-state index contributed by atoms with van der Waals surface area (Å²) in [7, 11) is 4.59. The van der Waals surface area contributed by atoms with Crippen LogP contribution in [0.3, 0.4) is 0 Å². The van der Waals surface area contributed by atoms with Crippen LogP contribution in [0.15, 0.2) is 12.1 Å². The quantitative estimate of drug-likeness (QED) is 0.828. The summed E-state index contributed by atoms with van der Waals surface area (Å²) >= 11 is 0. The fourth-order valence-corrected chi connectivity index (χ4v) is 2.63. The molecule has 0 bridgehead atoms. The summed E-state index contributed by atoms with van der Waals surface area (Å²) in [6, 6.07) is 3.71. The predicted molar refractivity (Wildman–Crippen MR) is 70.5 cm³/mol. The number of hydrogen-bond acceptors (Lipinski definition) is 5. The molecular weight excluding hydrogens is 246 g/mol. The van der Waals surface area contributed by atoms with Crippen LogP contribution in [0.25, 0.3) is 0 Å². The number of carbonyl (C=O) groups excluding carboxylic acids is 1. The van der Waals surface area contributed by atoms with Crippen LogP contribution in [0.4, 0.5) is 0 Å². The van der Waals surface area contributed by atoms with Crippen LogP contribution in [-0.4, -0.2) is 32.8 Å². The van der Waals surface area contributed by atoms with Gasteiger partial charge in [0, 0.05) is 17.5 Å². The van der Waals surface area contributed by atoms with Gasteiger partial charge in [-0.2, -0.15) is 0 Å². The zero-order valence-corrected chi connectivity index (χ0v) is 11.5. The van der Waals surface area contributed by atoms with Crippen molar-refractivity contribution in [1.29, 1.82) is 0 Å². The van der Waals surface area contributed by atoms with E-state index in [1.807, 2.05) is 12.1 Å². The normalized spacial score (nSPS) is 21.5. The van der Waals surface area contributed by atoms with Gasteiger partial charge in [0.15, 0.2) is 0 Å². The number of rotatable bonds is 3. The molecule has 1 aromatic rings. The summed E-state index contributed by atoms with van der Waals surface area (Å²) in [5.74, 6) is 1.15. The summed E-state index contributed by atoms with van der Waals surface area (Å²) in [4.78, 5) is 11.8. The van der Waals surface area contributed by atoms with Gasteiger partial charge >= 0.3 is 5.97 Å². The first kappa shape index (κ1) is 13.7. The van der Waals surface area contributed by atoms with Crippen LogP contribution in [0, 0.1) is 0 Å². The maximum absolute atomic E-state index is 11.8. The number of ether oxygens (including phenoxy) is 3. The second-order valence-electron chi connectivity index (χ2n) is 4.75. The molecule has 0 heterocycles. The molecule has 0 saturated carbocycles. The zero-order chi connectivity index (χ0) is 14.0. The summed E-state index contributed by atoms with van der Waals surface area (Å²) in [6.45, 7) is 0. The van der Waals surface area contributed by atoms with E-state index in [2.05, 4.69) is 0 Å². The number of fused-ring (bicyclic) bond motifs is 1. The van der Waals surface area contributed by atoms with Crippen LogP contribution in [0.5, 0.6) is 11.5 Å². The van der Waals surface area contributed by atoms with Gasteiger partial charge in [-0.05, 0) is 25.0 Å². The first-order valence-corrected chi connectivity index (χ1v) is 6.15. The second-order valence-corrected chi connectivity index (χ2v) is 4.75. The van der Waals surface area contributed by atoms with Crippen molar-refractivity contribution in [3.8, 4) is 11.5 Å². The molecule has 2 rings (SSSR count). The molecule has 0 aromatic heterocycles. The summed E-state index contributed by atoms with van der Waals surface area (Å²) in [6.07, 6.45) is 1.60. The molecule has 0 saturated heterocycles. The van der Waals surface area contributed by atoms with E-state index in [0.29, 0.717) is 19.3 Å². The summed E-state index contributed by atoms with van der Waals surface area (Å²) in [5.41, 5.74) is 7.18. The molecule has 5 heteroatoms. The molecule has 0 fully saturated rings. The molecule has 1 aromatic carbocycles. The minimum Gasteiger partial charge on any atom is -0.496 e. The first-order valence-electron chi connectivity index (χ1n) is 6.15. The molecular formula is C14H19NO4. The Hall–Kier alpha value is -1.75. The number of methoxy groups -OCH3 is 3.